The first-order chi connectivity index (χ1) is 9.17. The second-order valence-electron chi connectivity index (χ2n) is 4.57. The minimum absolute atomic E-state index is 0.356. The van der Waals surface area contributed by atoms with Crippen LogP contribution in [0.1, 0.15) is 25.3 Å². The molecule has 2 nitrogen and oxygen atoms in total. The van der Waals surface area contributed by atoms with E-state index in [4.69, 9.17) is 10.5 Å². The number of hydrogen-bond acceptors (Lipinski definition) is 2. The highest BCUT2D eigenvalue weighted by Gasteiger charge is 2.02. The van der Waals surface area contributed by atoms with Gasteiger partial charge in [0.2, 0.25) is 0 Å². The average molecular weight is 259 g/mol. The van der Waals surface area contributed by atoms with Crippen LogP contribution in [0.5, 0.6) is 11.5 Å². The molecule has 0 bridgehead atoms. The Morgan fingerprint density at radius 2 is 1.79 bits per heavy atom. The molecule has 0 atom stereocenters. The third-order valence-electron chi connectivity index (χ3n) is 2.87. The Morgan fingerprint density at radius 3 is 2.42 bits per heavy atom. The standard InChI is InChI=1S/C16H18FNO/c1-2-3-4-12-5-7-15(8-6-12)19-16-10-13(17)9-14(18)11-16/h5-11H,2-4,18H2,1H3. The highest BCUT2D eigenvalue weighted by atomic mass is 19.1. The quantitative estimate of drug-likeness (QED) is 0.800. The molecule has 0 radical (unpaired) electrons. The highest BCUT2D eigenvalue weighted by molar-refractivity contribution is 5.46. The van der Waals surface area contributed by atoms with Crippen LogP contribution in [-0.2, 0) is 6.42 Å². The fraction of sp³-hybridized carbons (Fsp3) is 0.250. The number of ether oxygens (including phenoxy) is 1. The van der Waals surface area contributed by atoms with E-state index < -0.39 is 5.82 Å². The summed E-state index contributed by atoms with van der Waals surface area (Å²) in [7, 11) is 0. The maximum absolute atomic E-state index is 13.2. The molecule has 2 aromatic rings. The lowest BCUT2D eigenvalue weighted by Crippen LogP contribution is -1.91. The number of halogens is 1. The fourth-order valence-corrected chi connectivity index (χ4v) is 1.88. The lowest BCUT2D eigenvalue weighted by molar-refractivity contribution is 0.477. The van der Waals surface area contributed by atoms with Crippen LogP contribution in [0.15, 0.2) is 42.5 Å². The van der Waals surface area contributed by atoms with Crippen LogP contribution >= 0.6 is 0 Å². The predicted molar refractivity (Wildman–Crippen MR) is 75.9 cm³/mol. The SMILES string of the molecule is CCCCc1ccc(Oc2cc(N)cc(F)c2)cc1. The minimum atomic E-state index is -0.394. The molecule has 100 valence electrons. The van der Waals surface area contributed by atoms with E-state index in [2.05, 4.69) is 6.92 Å². The van der Waals surface area contributed by atoms with E-state index in [0.717, 1.165) is 6.42 Å². The van der Waals surface area contributed by atoms with Gasteiger partial charge in [0.05, 0.1) is 0 Å². The van der Waals surface area contributed by atoms with Gasteiger partial charge >= 0.3 is 0 Å². The van der Waals surface area contributed by atoms with Crippen molar-refractivity contribution >= 4 is 5.69 Å². The topological polar surface area (TPSA) is 35.2 Å². The molecule has 2 aromatic carbocycles. The first-order valence-electron chi connectivity index (χ1n) is 6.50. The fourth-order valence-electron chi connectivity index (χ4n) is 1.88. The summed E-state index contributed by atoms with van der Waals surface area (Å²) in [5.74, 6) is 0.707. The van der Waals surface area contributed by atoms with Crippen LogP contribution in [0, 0.1) is 5.82 Å². The van der Waals surface area contributed by atoms with Gasteiger partial charge in [0.15, 0.2) is 0 Å². The first-order valence-corrected chi connectivity index (χ1v) is 6.50. The molecule has 0 aliphatic heterocycles. The summed E-state index contributed by atoms with van der Waals surface area (Å²) in [6.07, 6.45) is 3.44. The number of benzene rings is 2. The van der Waals surface area contributed by atoms with Gasteiger partial charge in [-0.2, -0.15) is 0 Å². The third kappa shape index (κ3) is 3.98. The van der Waals surface area contributed by atoms with Gasteiger partial charge in [-0.1, -0.05) is 25.5 Å². The van der Waals surface area contributed by atoms with Gasteiger partial charge in [-0.3, -0.25) is 0 Å². The molecule has 0 saturated carbocycles. The van der Waals surface area contributed by atoms with Gasteiger partial charge < -0.3 is 10.5 Å². The van der Waals surface area contributed by atoms with E-state index in [-0.39, 0.29) is 0 Å². The largest absolute Gasteiger partial charge is 0.457 e. The molecule has 2 N–H and O–H groups in total. The van der Waals surface area contributed by atoms with E-state index in [0.29, 0.717) is 17.2 Å². The molecule has 0 unspecified atom stereocenters. The molecule has 0 spiro atoms. The molecule has 0 amide bonds. The Labute approximate surface area is 113 Å². The van der Waals surface area contributed by atoms with Crippen LogP contribution in [0.4, 0.5) is 10.1 Å². The van der Waals surface area contributed by atoms with Crippen molar-refractivity contribution in [3.05, 3.63) is 53.8 Å². The number of aryl methyl sites for hydroxylation is 1. The zero-order valence-electron chi connectivity index (χ0n) is 11.0. The molecular weight excluding hydrogens is 241 g/mol. The second kappa shape index (κ2) is 6.23. The van der Waals surface area contributed by atoms with Crippen molar-refractivity contribution in [3.8, 4) is 11.5 Å². The van der Waals surface area contributed by atoms with Crippen molar-refractivity contribution in [3.63, 3.8) is 0 Å². The van der Waals surface area contributed by atoms with Gasteiger partial charge in [0.25, 0.3) is 0 Å². The molecular formula is C16H18FNO. The molecule has 0 aromatic heterocycles. The van der Waals surface area contributed by atoms with Crippen molar-refractivity contribution in [2.24, 2.45) is 0 Å². The summed E-state index contributed by atoms with van der Waals surface area (Å²) in [6.45, 7) is 2.17. The Hall–Kier alpha value is -2.03. The first kappa shape index (κ1) is 13.4. The van der Waals surface area contributed by atoms with Crippen LogP contribution in [0.2, 0.25) is 0 Å². The summed E-state index contributed by atoms with van der Waals surface area (Å²) in [5.41, 5.74) is 7.21. The summed E-state index contributed by atoms with van der Waals surface area (Å²) < 4.78 is 18.8. The van der Waals surface area contributed by atoms with Gasteiger partial charge in [0, 0.05) is 17.8 Å². The van der Waals surface area contributed by atoms with E-state index >= 15 is 0 Å². The van der Waals surface area contributed by atoms with Crippen LogP contribution in [-0.4, -0.2) is 0 Å². The van der Waals surface area contributed by atoms with Crippen molar-refractivity contribution in [1.29, 1.82) is 0 Å². The number of unbranched alkanes of at least 4 members (excludes halogenated alkanes) is 1. The molecule has 0 fully saturated rings. The van der Waals surface area contributed by atoms with Crippen molar-refractivity contribution in [2.45, 2.75) is 26.2 Å². The molecule has 0 aliphatic carbocycles. The van der Waals surface area contributed by atoms with Crippen LogP contribution in [0.25, 0.3) is 0 Å². The van der Waals surface area contributed by atoms with Gasteiger partial charge in [0.1, 0.15) is 17.3 Å². The number of nitrogens with two attached hydrogens (primary N) is 1. The van der Waals surface area contributed by atoms with E-state index in [9.17, 15) is 4.39 Å². The maximum Gasteiger partial charge on any atom is 0.132 e. The highest BCUT2D eigenvalue weighted by Crippen LogP contribution is 2.25. The Balaban J connectivity index is 2.06. The molecule has 2 rings (SSSR count). The second-order valence-corrected chi connectivity index (χ2v) is 4.57. The predicted octanol–water partition coefficient (Wildman–Crippen LogP) is 4.54. The third-order valence-corrected chi connectivity index (χ3v) is 2.87. The van der Waals surface area contributed by atoms with Crippen molar-refractivity contribution in [2.75, 3.05) is 5.73 Å². The van der Waals surface area contributed by atoms with Crippen LogP contribution in [0.3, 0.4) is 0 Å². The van der Waals surface area contributed by atoms with Gasteiger partial charge in [-0.15, -0.1) is 0 Å². The van der Waals surface area contributed by atoms with Crippen molar-refractivity contribution in [1.82, 2.24) is 0 Å². The summed E-state index contributed by atoms with van der Waals surface area (Å²) in [5, 5.41) is 0. The summed E-state index contributed by atoms with van der Waals surface area (Å²) in [4.78, 5) is 0. The van der Waals surface area contributed by atoms with E-state index in [1.165, 1.54) is 30.5 Å². The van der Waals surface area contributed by atoms with E-state index in [1.807, 2.05) is 24.3 Å². The maximum atomic E-state index is 13.2. The zero-order chi connectivity index (χ0) is 13.7. The summed E-state index contributed by atoms with van der Waals surface area (Å²) in [6, 6.07) is 12.1. The molecule has 0 aliphatic rings. The Bertz CT molecular complexity index is 517. The zero-order valence-corrected chi connectivity index (χ0v) is 11.0. The number of nitrogen functional groups attached to an aromatic ring is 1. The minimum Gasteiger partial charge on any atom is -0.457 e. The molecule has 19 heavy (non-hydrogen) atoms. The summed E-state index contributed by atoms with van der Waals surface area (Å²) >= 11 is 0. The average Bonchev–Trinajstić information content (AvgIpc) is 2.37. The van der Waals surface area contributed by atoms with Crippen molar-refractivity contribution < 1.29 is 9.13 Å². The van der Waals surface area contributed by atoms with E-state index in [1.54, 1.807) is 6.07 Å². The van der Waals surface area contributed by atoms with Crippen LogP contribution < -0.4 is 10.5 Å². The molecule has 0 saturated heterocycles. The molecule has 3 heteroatoms. The Morgan fingerprint density at radius 1 is 1.05 bits per heavy atom. The van der Waals surface area contributed by atoms with Gasteiger partial charge in [-0.25, -0.2) is 4.39 Å². The number of hydrogen-bond donors (Lipinski definition) is 1. The number of rotatable bonds is 5. The Kier molecular flexibility index (Phi) is 4.39. The lowest BCUT2D eigenvalue weighted by Gasteiger charge is -2.07. The van der Waals surface area contributed by atoms with Gasteiger partial charge in [-0.05, 0) is 36.6 Å². The normalized spacial score (nSPS) is 10.4. The monoisotopic (exact) mass is 259 g/mol. The lowest BCUT2D eigenvalue weighted by atomic mass is 10.1. The smallest absolute Gasteiger partial charge is 0.132 e. The number of anilines is 1. The molecule has 0 heterocycles.